The molecule has 0 amide bonds. The molecule has 0 atom stereocenters. The van der Waals surface area contributed by atoms with E-state index in [1.54, 1.807) is 0 Å². The van der Waals surface area contributed by atoms with Crippen molar-refractivity contribution in [3.63, 3.8) is 0 Å². The lowest BCUT2D eigenvalue weighted by Crippen LogP contribution is -2.01. The number of fused-ring (bicyclic) bond motifs is 4. The molecule has 4 heteroatoms. The number of hydrogen-bond donors (Lipinski definition) is 0. The third-order valence-electron chi connectivity index (χ3n) is 10.8. The van der Waals surface area contributed by atoms with Crippen molar-refractivity contribution in [3.8, 4) is 45.3 Å². The molecule has 0 radical (unpaired) electrons. The van der Waals surface area contributed by atoms with Crippen LogP contribution in [0.3, 0.4) is 0 Å². The van der Waals surface area contributed by atoms with E-state index >= 15 is 0 Å². The molecule has 1 aliphatic rings. The number of aryl methyl sites for hydroxylation is 2. The maximum Gasteiger partial charge on any atom is 0.160 e. The average molecular weight is 665 g/mol. The fraction of sp³-hybridized carbons (Fsp3) is 0.0417. The van der Waals surface area contributed by atoms with Crippen molar-refractivity contribution < 1.29 is 0 Å². The molecule has 1 aliphatic carbocycles. The van der Waals surface area contributed by atoms with E-state index in [4.69, 9.17) is 9.97 Å². The van der Waals surface area contributed by atoms with Crippen LogP contribution in [-0.2, 0) is 12.8 Å². The first-order valence-corrected chi connectivity index (χ1v) is 18.0. The summed E-state index contributed by atoms with van der Waals surface area (Å²) in [5.41, 5.74) is 14.9. The minimum Gasteiger partial charge on any atom is -0.307 e. The second-order valence-corrected chi connectivity index (χ2v) is 13.7. The van der Waals surface area contributed by atoms with Crippen LogP contribution in [0.15, 0.2) is 170 Å². The highest BCUT2D eigenvalue weighted by molar-refractivity contribution is 6.26. The van der Waals surface area contributed by atoms with Crippen molar-refractivity contribution in [1.82, 2.24) is 19.1 Å². The van der Waals surface area contributed by atoms with Crippen molar-refractivity contribution in [1.29, 1.82) is 0 Å². The lowest BCUT2D eigenvalue weighted by atomic mass is 9.90. The summed E-state index contributed by atoms with van der Waals surface area (Å²) in [4.78, 5) is 10.4. The van der Waals surface area contributed by atoms with E-state index < -0.39 is 0 Å². The third kappa shape index (κ3) is 4.34. The molecule has 3 heterocycles. The molecule has 52 heavy (non-hydrogen) atoms. The van der Waals surface area contributed by atoms with Crippen molar-refractivity contribution in [3.05, 3.63) is 181 Å². The van der Waals surface area contributed by atoms with Gasteiger partial charge in [-0.25, -0.2) is 9.97 Å². The van der Waals surface area contributed by atoms with Gasteiger partial charge >= 0.3 is 0 Å². The minimum atomic E-state index is 0.702. The standard InChI is InChI=1S/C48H32N4/c1-4-14-31(15-5-1)40-30-41(32-16-6-2-7-17-32)50-48(49-40)35-19-12-22-37(28-35)52-42-24-11-10-23-38(42)39-29-34-27-26-33-18-13-25-43-44(33)45(34)47(46(39)52)51(43)36-20-8-3-9-21-36/h1-25,28-30H,26-27H2. The largest absolute Gasteiger partial charge is 0.307 e. The molecule has 0 saturated carbocycles. The summed E-state index contributed by atoms with van der Waals surface area (Å²) in [5, 5.41) is 5.29. The molecule has 0 aliphatic heterocycles. The van der Waals surface area contributed by atoms with Crippen LogP contribution in [0.1, 0.15) is 11.1 Å². The maximum atomic E-state index is 5.18. The molecule has 0 spiro atoms. The van der Waals surface area contributed by atoms with Gasteiger partial charge in [0.2, 0.25) is 0 Å². The number of aromatic nitrogens is 4. The van der Waals surface area contributed by atoms with Crippen LogP contribution in [-0.4, -0.2) is 19.1 Å². The first-order valence-electron chi connectivity index (χ1n) is 18.0. The zero-order chi connectivity index (χ0) is 34.2. The molecule has 0 unspecified atom stereocenters. The molecular formula is C48H32N4. The van der Waals surface area contributed by atoms with Gasteiger partial charge in [0.15, 0.2) is 5.82 Å². The average Bonchev–Trinajstić information content (AvgIpc) is 3.75. The Morgan fingerprint density at radius 1 is 0.385 bits per heavy atom. The Labute approximate surface area is 300 Å². The van der Waals surface area contributed by atoms with Crippen LogP contribution >= 0.6 is 0 Å². The zero-order valence-electron chi connectivity index (χ0n) is 28.4. The topological polar surface area (TPSA) is 35.6 Å². The van der Waals surface area contributed by atoms with E-state index in [9.17, 15) is 0 Å². The van der Waals surface area contributed by atoms with Crippen LogP contribution in [0.5, 0.6) is 0 Å². The van der Waals surface area contributed by atoms with Gasteiger partial charge in [-0.05, 0) is 72.5 Å². The molecule has 244 valence electrons. The number of para-hydroxylation sites is 2. The quantitative estimate of drug-likeness (QED) is 0.184. The van der Waals surface area contributed by atoms with Gasteiger partial charge < -0.3 is 9.13 Å². The molecule has 3 aromatic heterocycles. The summed E-state index contributed by atoms with van der Waals surface area (Å²) in [6.45, 7) is 0. The summed E-state index contributed by atoms with van der Waals surface area (Å²) in [5.74, 6) is 0.702. The minimum absolute atomic E-state index is 0.702. The first-order chi connectivity index (χ1) is 25.8. The van der Waals surface area contributed by atoms with E-state index in [1.807, 2.05) is 12.1 Å². The number of nitrogens with zero attached hydrogens (tertiary/aromatic N) is 4. The lowest BCUT2D eigenvalue weighted by molar-refractivity contribution is 0.971. The Morgan fingerprint density at radius 2 is 0.962 bits per heavy atom. The van der Waals surface area contributed by atoms with Gasteiger partial charge in [-0.1, -0.05) is 121 Å². The fourth-order valence-corrected chi connectivity index (χ4v) is 8.50. The van der Waals surface area contributed by atoms with Crippen LogP contribution in [0.4, 0.5) is 0 Å². The SMILES string of the molecule is c1ccc(-c2cc(-c3ccccc3)nc(-c3cccc(-n4c5ccccc5c5cc6c7c8c(cccc8n(-c8ccccc8)c7c54)CC6)c3)n2)cc1. The molecule has 0 fully saturated rings. The molecule has 11 rings (SSSR count). The second kappa shape index (κ2) is 11.4. The van der Waals surface area contributed by atoms with Crippen LogP contribution < -0.4 is 0 Å². The summed E-state index contributed by atoms with van der Waals surface area (Å²) >= 11 is 0. The fourth-order valence-electron chi connectivity index (χ4n) is 8.50. The molecule has 4 nitrogen and oxygen atoms in total. The van der Waals surface area contributed by atoms with Gasteiger partial charge in [-0.15, -0.1) is 0 Å². The van der Waals surface area contributed by atoms with E-state index in [1.165, 1.54) is 60.4 Å². The second-order valence-electron chi connectivity index (χ2n) is 13.7. The van der Waals surface area contributed by atoms with Crippen molar-refractivity contribution in [2.45, 2.75) is 12.8 Å². The Bertz CT molecular complexity index is 2930. The molecule has 0 N–H and O–H groups in total. The van der Waals surface area contributed by atoms with E-state index in [0.717, 1.165) is 46.6 Å². The maximum absolute atomic E-state index is 5.18. The summed E-state index contributed by atoms with van der Waals surface area (Å²) in [6, 6.07) is 60.6. The van der Waals surface area contributed by atoms with Gasteiger partial charge in [-0.3, -0.25) is 0 Å². The highest BCUT2D eigenvalue weighted by Gasteiger charge is 2.27. The zero-order valence-corrected chi connectivity index (χ0v) is 28.4. The van der Waals surface area contributed by atoms with Crippen LogP contribution in [0.2, 0.25) is 0 Å². The summed E-state index contributed by atoms with van der Waals surface area (Å²) < 4.78 is 4.97. The monoisotopic (exact) mass is 664 g/mol. The smallest absolute Gasteiger partial charge is 0.160 e. The lowest BCUT2D eigenvalue weighted by Gasteiger charge is -2.16. The molecule has 10 aromatic rings. The predicted molar refractivity (Wildman–Crippen MR) is 214 cm³/mol. The van der Waals surface area contributed by atoms with E-state index in [-0.39, 0.29) is 0 Å². The highest BCUT2D eigenvalue weighted by atomic mass is 15.0. The molecular weight excluding hydrogens is 633 g/mol. The van der Waals surface area contributed by atoms with Crippen LogP contribution in [0.25, 0.3) is 88.9 Å². The summed E-state index contributed by atoms with van der Waals surface area (Å²) in [6.07, 6.45) is 2.09. The van der Waals surface area contributed by atoms with Gasteiger partial charge in [0.05, 0.1) is 33.5 Å². The predicted octanol–water partition coefficient (Wildman–Crippen LogP) is 11.8. The van der Waals surface area contributed by atoms with Crippen molar-refractivity contribution in [2.75, 3.05) is 0 Å². The molecule has 0 saturated heterocycles. The van der Waals surface area contributed by atoms with Gasteiger partial charge in [0.25, 0.3) is 0 Å². The highest BCUT2D eigenvalue weighted by Crippen LogP contribution is 2.46. The molecule has 7 aromatic carbocycles. The third-order valence-corrected chi connectivity index (χ3v) is 10.8. The first kappa shape index (κ1) is 29.0. The van der Waals surface area contributed by atoms with Crippen LogP contribution in [0, 0.1) is 0 Å². The number of rotatable bonds is 5. The Balaban J connectivity index is 1.22. The Hall–Kier alpha value is -6.78. The summed E-state index contributed by atoms with van der Waals surface area (Å²) in [7, 11) is 0. The van der Waals surface area contributed by atoms with Gasteiger partial charge in [0.1, 0.15) is 0 Å². The van der Waals surface area contributed by atoms with Crippen molar-refractivity contribution in [2.24, 2.45) is 0 Å². The number of benzene rings is 7. The number of hydrogen-bond acceptors (Lipinski definition) is 2. The molecule has 0 bridgehead atoms. The Kier molecular flexibility index (Phi) is 6.34. The van der Waals surface area contributed by atoms with E-state index in [2.05, 4.69) is 167 Å². The Morgan fingerprint density at radius 3 is 1.71 bits per heavy atom. The van der Waals surface area contributed by atoms with Crippen molar-refractivity contribution >= 4 is 43.6 Å². The van der Waals surface area contributed by atoms with Gasteiger partial charge in [-0.2, -0.15) is 0 Å². The van der Waals surface area contributed by atoms with E-state index in [0.29, 0.717) is 5.82 Å². The van der Waals surface area contributed by atoms with Gasteiger partial charge in [0, 0.05) is 49.6 Å². The normalized spacial score (nSPS) is 12.5.